The van der Waals surface area contributed by atoms with Crippen LogP contribution in [0.3, 0.4) is 0 Å². The van der Waals surface area contributed by atoms with Gasteiger partial charge in [0.2, 0.25) is 0 Å². The van der Waals surface area contributed by atoms with Crippen molar-refractivity contribution in [2.24, 2.45) is 5.92 Å². The van der Waals surface area contributed by atoms with Gasteiger partial charge in [-0.3, -0.25) is 0 Å². The molecule has 0 atom stereocenters. The fourth-order valence-electron chi connectivity index (χ4n) is 1.80. The largest absolute Gasteiger partial charge is 0.375 e. The first-order valence-corrected chi connectivity index (χ1v) is 7.88. The zero-order valence-electron chi connectivity index (χ0n) is 12.4. The molecule has 0 aliphatic rings. The molecule has 0 saturated heterocycles. The number of halogens is 2. The van der Waals surface area contributed by atoms with Crippen LogP contribution in [0.4, 0.5) is 8.78 Å². The molecular weight excluding hydrogens is 282 g/mol. The van der Waals surface area contributed by atoms with Gasteiger partial charge in [-0.05, 0) is 18.9 Å². The third-order valence-corrected chi connectivity index (χ3v) is 3.82. The van der Waals surface area contributed by atoms with Gasteiger partial charge < -0.3 is 10.1 Å². The smallest absolute Gasteiger partial charge is 0.261 e. The Balaban J connectivity index is 2.55. The monoisotopic (exact) mass is 306 g/mol. The Kier molecular flexibility index (Phi) is 8.18. The molecule has 0 bridgehead atoms. The molecule has 0 aliphatic heterocycles. The van der Waals surface area contributed by atoms with E-state index in [0.717, 1.165) is 30.2 Å². The van der Waals surface area contributed by atoms with Crippen LogP contribution in [0.2, 0.25) is 0 Å². The first-order valence-electron chi connectivity index (χ1n) is 7.07. The van der Waals surface area contributed by atoms with Gasteiger partial charge in [-0.15, -0.1) is 11.3 Å². The van der Waals surface area contributed by atoms with E-state index >= 15 is 0 Å². The highest BCUT2D eigenvalue weighted by molar-refractivity contribution is 7.11. The molecule has 0 amide bonds. The molecule has 20 heavy (non-hydrogen) atoms. The van der Waals surface area contributed by atoms with Gasteiger partial charge in [0.05, 0.1) is 17.3 Å². The maximum Gasteiger partial charge on any atom is 0.261 e. The predicted molar refractivity (Wildman–Crippen MR) is 78.6 cm³/mol. The van der Waals surface area contributed by atoms with Gasteiger partial charge in [0.1, 0.15) is 6.61 Å². The van der Waals surface area contributed by atoms with Crippen LogP contribution in [0, 0.1) is 5.92 Å². The number of nitrogens with one attached hydrogen (secondary N) is 1. The van der Waals surface area contributed by atoms with Crippen molar-refractivity contribution in [2.45, 2.75) is 46.6 Å². The van der Waals surface area contributed by atoms with Gasteiger partial charge in [0, 0.05) is 17.8 Å². The van der Waals surface area contributed by atoms with Crippen molar-refractivity contribution in [3.63, 3.8) is 0 Å². The molecule has 0 spiro atoms. The van der Waals surface area contributed by atoms with E-state index in [1.165, 1.54) is 4.88 Å². The minimum atomic E-state index is -2.40. The summed E-state index contributed by atoms with van der Waals surface area (Å²) in [6, 6.07) is 0. The van der Waals surface area contributed by atoms with Crippen LogP contribution in [0.15, 0.2) is 0 Å². The summed E-state index contributed by atoms with van der Waals surface area (Å²) in [6.07, 6.45) is -0.837. The summed E-state index contributed by atoms with van der Waals surface area (Å²) in [5, 5.41) is 4.29. The van der Waals surface area contributed by atoms with E-state index in [0.29, 0.717) is 18.9 Å². The van der Waals surface area contributed by atoms with E-state index < -0.39 is 13.0 Å². The number of ether oxygens (including phenoxy) is 1. The molecule has 0 aromatic carbocycles. The van der Waals surface area contributed by atoms with Crippen molar-refractivity contribution in [2.75, 3.05) is 19.8 Å². The quantitative estimate of drug-likeness (QED) is 0.674. The Hall–Kier alpha value is -0.590. The molecule has 1 N–H and O–H groups in total. The maximum atomic E-state index is 12.0. The second-order valence-corrected chi connectivity index (χ2v) is 6.24. The fourth-order valence-corrected chi connectivity index (χ4v) is 2.85. The van der Waals surface area contributed by atoms with E-state index in [9.17, 15) is 8.78 Å². The number of alkyl halides is 2. The lowest BCUT2D eigenvalue weighted by Crippen LogP contribution is -2.12. The van der Waals surface area contributed by atoms with Gasteiger partial charge in [0.15, 0.2) is 0 Å². The van der Waals surface area contributed by atoms with Crippen molar-refractivity contribution in [3.8, 4) is 0 Å². The summed E-state index contributed by atoms with van der Waals surface area (Å²) in [7, 11) is 0. The molecule has 6 heteroatoms. The number of rotatable bonds is 10. The normalized spacial score (nSPS) is 11.8. The molecule has 3 nitrogen and oxygen atoms in total. The third kappa shape index (κ3) is 6.72. The SMILES string of the molecule is CCNCc1sc(CCOCC(F)F)nc1CC(C)C. The first kappa shape index (κ1) is 17.5. The lowest BCUT2D eigenvalue weighted by Gasteiger charge is -2.05. The van der Waals surface area contributed by atoms with Gasteiger partial charge in [-0.2, -0.15) is 0 Å². The van der Waals surface area contributed by atoms with Crippen LogP contribution < -0.4 is 5.32 Å². The molecule has 1 rings (SSSR count). The molecule has 1 aromatic rings. The lowest BCUT2D eigenvalue weighted by molar-refractivity contribution is 0.0187. The van der Waals surface area contributed by atoms with Crippen LogP contribution in [0.25, 0.3) is 0 Å². The molecule has 1 heterocycles. The minimum absolute atomic E-state index is 0.305. The summed E-state index contributed by atoms with van der Waals surface area (Å²) >= 11 is 1.66. The van der Waals surface area contributed by atoms with Crippen LogP contribution in [0.5, 0.6) is 0 Å². The third-order valence-electron chi connectivity index (χ3n) is 2.66. The summed E-state index contributed by atoms with van der Waals surface area (Å²) in [4.78, 5) is 5.89. The van der Waals surface area contributed by atoms with Crippen molar-refractivity contribution < 1.29 is 13.5 Å². The zero-order valence-corrected chi connectivity index (χ0v) is 13.2. The van der Waals surface area contributed by atoms with E-state index in [4.69, 9.17) is 4.74 Å². The van der Waals surface area contributed by atoms with Crippen LogP contribution in [-0.2, 0) is 24.1 Å². The van der Waals surface area contributed by atoms with Gasteiger partial charge >= 0.3 is 0 Å². The molecule has 0 radical (unpaired) electrons. The average Bonchev–Trinajstić information content (AvgIpc) is 2.73. The number of nitrogens with zero attached hydrogens (tertiary/aromatic N) is 1. The van der Waals surface area contributed by atoms with Crippen molar-refractivity contribution >= 4 is 11.3 Å². The summed E-state index contributed by atoms with van der Waals surface area (Å²) < 4.78 is 28.8. The Morgan fingerprint density at radius 1 is 1.35 bits per heavy atom. The molecule has 0 aliphatic carbocycles. The number of hydrogen-bond acceptors (Lipinski definition) is 4. The maximum absolute atomic E-state index is 12.0. The van der Waals surface area contributed by atoms with Gasteiger partial charge in [-0.1, -0.05) is 20.8 Å². The Labute approximate surface area is 123 Å². The van der Waals surface area contributed by atoms with Crippen LogP contribution >= 0.6 is 11.3 Å². The molecule has 0 unspecified atom stereocenters. The zero-order chi connectivity index (χ0) is 15.0. The fraction of sp³-hybridized carbons (Fsp3) is 0.786. The summed E-state index contributed by atoms with van der Waals surface area (Å²) in [6.45, 7) is 7.97. The molecular formula is C14H24F2N2OS. The Bertz CT molecular complexity index is 383. The van der Waals surface area contributed by atoms with E-state index in [1.54, 1.807) is 11.3 Å². The average molecular weight is 306 g/mol. The molecule has 0 saturated carbocycles. The van der Waals surface area contributed by atoms with E-state index in [2.05, 4.69) is 31.1 Å². The highest BCUT2D eigenvalue weighted by Crippen LogP contribution is 2.22. The van der Waals surface area contributed by atoms with Crippen LogP contribution in [0.1, 0.15) is 36.3 Å². The van der Waals surface area contributed by atoms with E-state index in [-0.39, 0.29) is 0 Å². The topological polar surface area (TPSA) is 34.1 Å². The van der Waals surface area contributed by atoms with Gasteiger partial charge in [-0.25, -0.2) is 13.8 Å². The molecule has 1 aromatic heterocycles. The number of aromatic nitrogens is 1. The second kappa shape index (κ2) is 9.37. The standard InChI is InChI=1S/C14H24F2N2OS/c1-4-17-8-12-11(7-10(2)3)18-14(20-12)5-6-19-9-13(15)16/h10,13,17H,4-9H2,1-3H3. The number of hydrogen-bond donors (Lipinski definition) is 1. The number of thiazole rings is 1. The molecule has 116 valence electrons. The van der Waals surface area contributed by atoms with Crippen molar-refractivity contribution in [1.82, 2.24) is 10.3 Å². The van der Waals surface area contributed by atoms with Gasteiger partial charge in [0.25, 0.3) is 6.43 Å². The van der Waals surface area contributed by atoms with Crippen LogP contribution in [-0.4, -0.2) is 31.2 Å². The van der Waals surface area contributed by atoms with Crippen molar-refractivity contribution in [1.29, 1.82) is 0 Å². The van der Waals surface area contributed by atoms with E-state index in [1.807, 2.05) is 0 Å². The summed E-state index contributed by atoms with van der Waals surface area (Å²) in [5.41, 5.74) is 1.13. The predicted octanol–water partition coefficient (Wildman–Crippen LogP) is 3.28. The molecule has 0 fully saturated rings. The highest BCUT2D eigenvalue weighted by atomic mass is 32.1. The Morgan fingerprint density at radius 2 is 2.10 bits per heavy atom. The first-order chi connectivity index (χ1) is 9.52. The minimum Gasteiger partial charge on any atom is -0.375 e. The second-order valence-electron chi connectivity index (χ2n) is 5.07. The lowest BCUT2D eigenvalue weighted by atomic mass is 10.1. The Morgan fingerprint density at radius 3 is 2.70 bits per heavy atom. The van der Waals surface area contributed by atoms with Crippen molar-refractivity contribution in [3.05, 3.63) is 15.6 Å². The highest BCUT2D eigenvalue weighted by Gasteiger charge is 2.12. The summed E-state index contributed by atoms with van der Waals surface area (Å²) in [5.74, 6) is 0.556.